The zero-order valence-electron chi connectivity index (χ0n) is 12.5. The van der Waals surface area contributed by atoms with Gasteiger partial charge >= 0.3 is 0 Å². The normalized spacial score (nSPS) is 17.0. The number of aromatic nitrogens is 2. The van der Waals surface area contributed by atoms with Gasteiger partial charge in [-0.25, -0.2) is 9.98 Å². The van der Waals surface area contributed by atoms with Crippen LogP contribution in [0.3, 0.4) is 0 Å². The molecular formula is C17H17N5. The smallest absolute Gasteiger partial charge is 0.212 e. The summed E-state index contributed by atoms with van der Waals surface area (Å²) in [4.78, 5) is 9.23. The van der Waals surface area contributed by atoms with Gasteiger partial charge in [-0.2, -0.15) is 0 Å². The number of para-hydroxylation sites is 2. The molecule has 0 spiro atoms. The molecule has 5 nitrogen and oxygen atoms in total. The van der Waals surface area contributed by atoms with Gasteiger partial charge in [0.25, 0.3) is 0 Å². The maximum absolute atomic E-state index is 5.96. The number of anilines is 1. The number of hydrogen-bond acceptors (Lipinski definition) is 4. The third-order valence-corrected chi connectivity index (χ3v) is 4.05. The van der Waals surface area contributed by atoms with Crippen LogP contribution in [0, 0.1) is 13.8 Å². The molecule has 0 radical (unpaired) electrons. The van der Waals surface area contributed by atoms with Crippen molar-refractivity contribution in [2.75, 3.05) is 5.32 Å². The van der Waals surface area contributed by atoms with E-state index in [9.17, 15) is 0 Å². The molecule has 0 amide bonds. The van der Waals surface area contributed by atoms with Crippen LogP contribution in [0.5, 0.6) is 0 Å². The number of aliphatic imine (C=N–C) groups is 1. The van der Waals surface area contributed by atoms with Crippen molar-refractivity contribution in [1.29, 1.82) is 0 Å². The Hall–Kier alpha value is -2.82. The first-order chi connectivity index (χ1) is 10.6. The molecule has 1 aromatic heterocycles. The van der Waals surface area contributed by atoms with E-state index in [-0.39, 0.29) is 6.17 Å². The van der Waals surface area contributed by atoms with Crippen LogP contribution in [0.2, 0.25) is 0 Å². The van der Waals surface area contributed by atoms with Crippen molar-refractivity contribution in [2.24, 2.45) is 10.7 Å². The Labute approximate surface area is 128 Å². The second-order valence-corrected chi connectivity index (χ2v) is 5.67. The first-order valence-electron chi connectivity index (χ1n) is 7.28. The van der Waals surface area contributed by atoms with Gasteiger partial charge in [0.2, 0.25) is 5.95 Å². The molecule has 0 bridgehead atoms. The molecule has 0 aliphatic carbocycles. The lowest BCUT2D eigenvalue weighted by atomic mass is 10.0. The molecule has 0 fully saturated rings. The average molecular weight is 291 g/mol. The first kappa shape index (κ1) is 12.9. The van der Waals surface area contributed by atoms with Crippen molar-refractivity contribution in [2.45, 2.75) is 20.0 Å². The molecule has 0 unspecified atom stereocenters. The van der Waals surface area contributed by atoms with Crippen molar-refractivity contribution in [1.82, 2.24) is 9.55 Å². The summed E-state index contributed by atoms with van der Waals surface area (Å²) in [5.74, 6) is 1.13. The Balaban J connectivity index is 1.98. The molecule has 3 aromatic rings. The summed E-state index contributed by atoms with van der Waals surface area (Å²) in [5.41, 5.74) is 11.5. The average Bonchev–Trinajstić information content (AvgIpc) is 2.84. The summed E-state index contributed by atoms with van der Waals surface area (Å²) < 4.78 is 2.10. The number of nitrogens with zero attached hydrogens (tertiary/aromatic N) is 3. The lowest BCUT2D eigenvalue weighted by Crippen LogP contribution is -2.31. The molecule has 110 valence electrons. The topological polar surface area (TPSA) is 68.2 Å². The zero-order chi connectivity index (χ0) is 15.3. The molecule has 0 saturated carbocycles. The number of aryl methyl sites for hydroxylation is 2. The highest BCUT2D eigenvalue weighted by atomic mass is 15.4. The predicted molar refractivity (Wildman–Crippen MR) is 89.0 cm³/mol. The van der Waals surface area contributed by atoms with E-state index in [1.807, 2.05) is 18.2 Å². The summed E-state index contributed by atoms with van der Waals surface area (Å²) in [6, 6.07) is 14.4. The van der Waals surface area contributed by atoms with Gasteiger partial charge in [-0.3, -0.25) is 9.88 Å². The minimum atomic E-state index is -0.191. The highest BCUT2D eigenvalue weighted by Crippen LogP contribution is 2.33. The maximum atomic E-state index is 5.96. The van der Waals surface area contributed by atoms with Crippen molar-refractivity contribution < 1.29 is 0 Å². The van der Waals surface area contributed by atoms with Crippen molar-refractivity contribution in [3.63, 3.8) is 0 Å². The van der Waals surface area contributed by atoms with Gasteiger partial charge in [0.15, 0.2) is 12.1 Å². The van der Waals surface area contributed by atoms with Crippen LogP contribution in [-0.2, 0) is 0 Å². The fraction of sp³-hybridized carbons (Fsp3) is 0.176. The Bertz CT molecular complexity index is 907. The van der Waals surface area contributed by atoms with Gasteiger partial charge in [-0.1, -0.05) is 35.9 Å². The molecule has 4 rings (SSSR count). The number of fused-ring (bicyclic) bond motifs is 3. The predicted octanol–water partition coefficient (Wildman–Crippen LogP) is 2.94. The number of benzene rings is 2. The molecule has 0 saturated heterocycles. The molecule has 1 atom stereocenters. The molecular weight excluding hydrogens is 274 g/mol. The van der Waals surface area contributed by atoms with Crippen molar-refractivity contribution in [3.05, 3.63) is 59.2 Å². The summed E-state index contributed by atoms with van der Waals surface area (Å²) in [7, 11) is 0. The number of rotatable bonds is 1. The summed E-state index contributed by atoms with van der Waals surface area (Å²) >= 11 is 0. The van der Waals surface area contributed by atoms with E-state index in [2.05, 4.69) is 58.0 Å². The summed E-state index contributed by atoms with van der Waals surface area (Å²) in [6.07, 6.45) is -0.191. The van der Waals surface area contributed by atoms with Gasteiger partial charge in [-0.15, -0.1) is 0 Å². The summed E-state index contributed by atoms with van der Waals surface area (Å²) in [5, 5.41) is 3.06. The van der Waals surface area contributed by atoms with Crippen LogP contribution in [0.1, 0.15) is 22.9 Å². The Morgan fingerprint density at radius 1 is 1.14 bits per heavy atom. The maximum Gasteiger partial charge on any atom is 0.212 e. The van der Waals surface area contributed by atoms with E-state index in [1.165, 1.54) is 11.1 Å². The van der Waals surface area contributed by atoms with Crippen molar-refractivity contribution in [3.8, 4) is 0 Å². The van der Waals surface area contributed by atoms with E-state index >= 15 is 0 Å². The number of hydrogen-bond donors (Lipinski definition) is 2. The minimum Gasteiger partial charge on any atom is -0.370 e. The van der Waals surface area contributed by atoms with E-state index in [1.54, 1.807) is 0 Å². The lowest BCUT2D eigenvalue weighted by Gasteiger charge is -2.25. The van der Waals surface area contributed by atoms with Crippen LogP contribution < -0.4 is 11.1 Å². The monoisotopic (exact) mass is 291 g/mol. The molecule has 3 N–H and O–H groups in total. The Morgan fingerprint density at radius 3 is 2.77 bits per heavy atom. The second-order valence-electron chi connectivity index (χ2n) is 5.67. The van der Waals surface area contributed by atoms with E-state index in [0.717, 1.165) is 22.5 Å². The molecule has 5 heteroatoms. The third-order valence-electron chi connectivity index (χ3n) is 4.05. The molecule has 2 heterocycles. The van der Waals surface area contributed by atoms with E-state index in [4.69, 9.17) is 5.73 Å². The fourth-order valence-corrected chi connectivity index (χ4v) is 3.04. The number of nitrogens with one attached hydrogen (secondary N) is 1. The van der Waals surface area contributed by atoms with Crippen LogP contribution in [-0.4, -0.2) is 15.5 Å². The second kappa shape index (κ2) is 4.59. The molecule has 1 aliphatic rings. The van der Waals surface area contributed by atoms with Crippen LogP contribution in [0.4, 0.5) is 5.95 Å². The van der Waals surface area contributed by atoms with E-state index < -0.39 is 0 Å². The van der Waals surface area contributed by atoms with E-state index in [0.29, 0.717) is 5.96 Å². The first-order valence-corrected chi connectivity index (χ1v) is 7.28. The van der Waals surface area contributed by atoms with Crippen LogP contribution >= 0.6 is 0 Å². The SMILES string of the molecule is Cc1ccc([C@H]2N=C(N)Nc3nc4ccccc4n32)c(C)c1. The highest BCUT2D eigenvalue weighted by molar-refractivity contribution is 5.94. The molecule has 2 aromatic carbocycles. The quantitative estimate of drug-likeness (QED) is 0.724. The number of nitrogens with two attached hydrogens (primary N) is 1. The third kappa shape index (κ3) is 1.86. The van der Waals surface area contributed by atoms with Crippen LogP contribution in [0.25, 0.3) is 11.0 Å². The standard InChI is InChI=1S/C17H17N5/c1-10-7-8-12(11(2)9-10)15-20-16(18)21-17-19-13-5-3-4-6-14(13)22(15)17/h3-9,15H,1-2H3,(H3,18,19,20,21)/t15-/m0/s1. The lowest BCUT2D eigenvalue weighted by molar-refractivity contribution is 0.622. The highest BCUT2D eigenvalue weighted by Gasteiger charge is 2.25. The zero-order valence-corrected chi connectivity index (χ0v) is 12.5. The number of imidazole rings is 1. The Kier molecular flexibility index (Phi) is 2.69. The Morgan fingerprint density at radius 2 is 1.95 bits per heavy atom. The van der Waals surface area contributed by atoms with Crippen molar-refractivity contribution >= 4 is 22.9 Å². The number of guanidine groups is 1. The van der Waals surface area contributed by atoms with Crippen LogP contribution in [0.15, 0.2) is 47.5 Å². The molecule has 22 heavy (non-hydrogen) atoms. The minimum absolute atomic E-state index is 0.191. The largest absolute Gasteiger partial charge is 0.370 e. The van der Waals surface area contributed by atoms with Gasteiger partial charge in [0.1, 0.15) is 0 Å². The van der Waals surface area contributed by atoms with Gasteiger partial charge < -0.3 is 5.73 Å². The van der Waals surface area contributed by atoms with Gasteiger partial charge in [0, 0.05) is 0 Å². The van der Waals surface area contributed by atoms with Gasteiger partial charge in [-0.05, 0) is 37.1 Å². The summed E-state index contributed by atoms with van der Waals surface area (Å²) in [6.45, 7) is 4.20. The molecule has 1 aliphatic heterocycles. The van der Waals surface area contributed by atoms with Gasteiger partial charge in [0.05, 0.1) is 11.0 Å². The fourth-order valence-electron chi connectivity index (χ4n) is 3.04.